The SMILES string of the molecule is Cl.O=S1(=O)N(CCC2CCNCC2)c2cccc(F)c2N1c1ccccc1. The van der Waals surface area contributed by atoms with Crippen LogP contribution >= 0.6 is 12.4 Å². The second-order valence-electron chi connectivity index (χ2n) is 6.77. The molecule has 146 valence electrons. The van der Waals surface area contributed by atoms with Gasteiger partial charge in [0.25, 0.3) is 0 Å². The molecule has 5 nitrogen and oxygen atoms in total. The highest BCUT2D eigenvalue weighted by Crippen LogP contribution is 2.46. The lowest BCUT2D eigenvalue weighted by molar-refractivity contribution is 0.358. The average Bonchev–Trinajstić information content (AvgIpc) is 2.89. The van der Waals surface area contributed by atoms with E-state index in [1.165, 1.54) is 10.4 Å². The highest BCUT2D eigenvalue weighted by atomic mass is 35.5. The molecular formula is C19H23ClFN3O2S. The van der Waals surface area contributed by atoms with Gasteiger partial charge in [-0.3, -0.25) is 4.31 Å². The summed E-state index contributed by atoms with van der Waals surface area (Å²) in [5, 5.41) is 3.32. The Kier molecular flexibility index (Phi) is 5.93. The van der Waals surface area contributed by atoms with Gasteiger partial charge in [-0.25, -0.2) is 8.70 Å². The molecule has 27 heavy (non-hydrogen) atoms. The van der Waals surface area contributed by atoms with Gasteiger partial charge in [0.05, 0.1) is 11.4 Å². The Hall–Kier alpha value is -1.83. The van der Waals surface area contributed by atoms with Crippen LogP contribution in [0.2, 0.25) is 0 Å². The van der Waals surface area contributed by atoms with Crippen LogP contribution in [-0.4, -0.2) is 28.1 Å². The Morgan fingerprint density at radius 1 is 1.04 bits per heavy atom. The molecule has 1 N–H and O–H groups in total. The number of piperidine rings is 1. The van der Waals surface area contributed by atoms with E-state index in [1.807, 2.05) is 6.07 Å². The van der Waals surface area contributed by atoms with Gasteiger partial charge in [-0.1, -0.05) is 24.3 Å². The van der Waals surface area contributed by atoms with Crippen molar-refractivity contribution < 1.29 is 12.8 Å². The molecular weight excluding hydrogens is 389 g/mol. The summed E-state index contributed by atoms with van der Waals surface area (Å²) < 4.78 is 43.6. The van der Waals surface area contributed by atoms with Crippen LogP contribution in [0.3, 0.4) is 0 Å². The predicted molar refractivity (Wildman–Crippen MR) is 109 cm³/mol. The van der Waals surface area contributed by atoms with E-state index in [4.69, 9.17) is 0 Å². The molecule has 2 aliphatic heterocycles. The summed E-state index contributed by atoms with van der Waals surface area (Å²) in [6.45, 7) is 2.31. The number of anilines is 3. The van der Waals surface area contributed by atoms with Gasteiger partial charge in [0.15, 0.2) is 0 Å². The number of fused-ring (bicyclic) bond motifs is 1. The maximum atomic E-state index is 14.6. The summed E-state index contributed by atoms with van der Waals surface area (Å²) >= 11 is 0. The van der Waals surface area contributed by atoms with E-state index in [0.29, 0.717) is 23.8 Å². The van der Waals surface area contributed by atoms with Crippen molar-refractivity contribution in [1.82, 2.24) is 5.32 Å². The molecule has 0 aromatic heterocycles. The highest BCUT2D eigenvalue weighted by Gasteiger charge is 2.43. The Labute approximate surface area is 165 Å². The standard InChI is InChI=1S/C19H22FN3O2S.ClH/c20-17-7-4-8-18-19(17)23(16-5-2-1-3-6-16)26(24,25)22(18)14-11-15-9-12-21-13-10-15;/h1-8,15,21H,9-14H2;1H. The fourth-order valence-corrected chi connectivity index (χ4v) is 5.50. The van der Waals surface area contributed by atoms with Gasteiger partial charge >= 0.3 is 10.2 Å². The average molecular weight is 412 g/mol. The number of hydrogen-bond donors (Lipinski definition) is 1. The van der Waals surface area contributed by atoms with Crippen LogP contribution < -0.4 is 13.9 Å². The van der Waals surface area contributed by atoms with Crippen LogP contribution in [0.25, 0.3) is 0 Å². The summed E-state index contributed by atoms with van der Waals surface area (Å²) in [7, 11) is -3.85. The maximum Gasteiger partial charge on any atom is 0.331 e. The minimum atomic E-state index is -3.85. The van der Waals surface area contributed by atoms with E-state index in [-0.39, 0.29) is 18.1 Å². The molecule has 0 amide bonds. The van der Waals surface area contributed by atoms with Gasteiger partial charge in [0.2, 0.25) is 0 Å². The van der Waals surface area contributed by atoms with Crippen molar-refractivity contribution in [3.05, 3.63) is 54.3 Å². The molecule has 4 rings (SSSR count). The topological polar surface area (TPSA) is 52.7 Å². The van der Waals surface area contributed by atoms with Gasteiger partial charge < -0.3 is 5.32 Å². The molecule has 0 radical (unpaired) electrons. The molecule has 8 heteroatoms. The first-order valence-corrected chi connectivity index (χ1v) is 10.4. The molecule has 0 spiro atoms. The molecule has 0 aliphatic carbocycles. The van der Waals surface area contributed by atoms with E-state index in [0.717, 1.165) is 36.7 Å². The molecule has 0 bridgehead atoms. The lowest BCUT2D eigenvalue weighted by Crippen LogP contribution is -2.37. The molecule has 0 atom stereocenters. The Morgan fingerprint density at radius 3 is 2.44 bits per heavy atom. The molecule has 2 heterocycles. The van der Waals surface area contributed by atoms with Crippen LogP contribution in [0.5, 0.6) is 0 Å². The fourth-order valence-electron chi connectivity index (χ4n) is 3.78. The van der Waals surface area contributed by atoms with Crippen molar-refractivity contribution in [2.45, 2.75) is 19.3 Å². The van der Waals surface area contributed by atoms with Gasteiger partial charge in [0, 0.05) is 6.54 Å². The molecule has 2 aromatic carbocycles. The Balaban J connectivity index is 0.00000210. The number of rotatable bonds is 4. The molecule has 0 unspecified atom stereocenters. The van der Waals surface area contributed by atoms with Crippen LogP contribution in [0, 0.1) is 11.7 Å². The third kappa shape index (κ3) is 3.63. The summed E-state index contributed by atoms with van der Waals surface area (Å²) in [5.74, 6) is -0.0338. The number of halogens is 2. The third-order valence-corrected chi connectivity index (χ3v) is 6.93. The summed E-state index contributed by atoms with van der Waals surface area (Å²) in [6, 6.07) is 13.2. The third-order valence-electron chi connectivity index (χ3n) is 5.14. The summed E-state index contributed by atoms with van der Waals surface area (Å²) in [6.07, 6.45) is 2.87. The van der Waals surface area contributed by atoms with Crippen molar-refractivity contribution in [2.24, 2.45) is 5.92 Å². The fraction of sp³-hybridized carbons (Fsp3) is 0.368. The van der Waals surface area contributed by atoms with E-state index in [1.54, 1.807) is 36.4 Å². The molecule has 2 aliphatic rings. The summed E-state index contributed by atoms with van der Waals surface area (Å²) in [5.41, 5.74) is 0.981. The summed E-state index contributed by atoms with van der Waals surface area (Å²) in [4.78, 5) is 0. The first kappa shape index (κ1) is 19.9. The number of para-hydroxylation sites is 2. The first-order valence-electron chi connectivity index (χ1n) is 8.96. The number of nitrogens with one attached hydrogen (secondary N) is 1. The smallest absolute Gasteiger partial charge is 0.317 e. The Bertz CT molecular complexity index is 889. The van der Waals surface area contributed by atoms with Crippen molar-refractivity contribution in [2.75, 3.05) is 28.2 Å². The molecule has 1 fully saturated rings. The Morgan fingerprint density at radius 2 is 1.74 bits per heavy atom. The quantitative estimate of drug-likeness (QED) is 0.831. The van der Waals surface area contributed by atoms with Crippen LogP contribution in [0.15, 0.2) is 48.5 Å². The van der Waals surface area contributed by atoms with E-state index < -0.39 is 16.0 Å². The molecule has 2 aromatic rings. The van der Waals surface area contributed by atoms with E-state index in [9.17, 15) is 12.8 Å². The van der Waals surface area contributed by atoms with E-state index in [2.05, 4.69) is 5.32 Å². The van der Waals surface area contributed by atoms with Gasteiger partial charge in [-0.15, -0.1) is 12.4 Å². The zero-order valence-electron chi connectivity index (χ0n) is 14.8. The predicted octanol–water partition coefficient (Wildman–Crippen LogP) is 3.84. The van der Waals surface area contributed by atoms with Gasteiger partial charge in [-0.05, 0) is 62.5 Å². The first-order chi connectivity index (χ1) is 12.6. The zero-order valence-corrected chi connectivity index (χ0v) is 16.5. The van der Waals surface area contributed by atoms with Gasteiger partial charge in [-0.2, -0.15) is 8.42 Å². The zero-order chi connectivity index (χ0) is 18.1. The lowest BCUT2D eigenvalue weighted by Gasteiger charge is -2.26. The second kappa shape index (κ2) is 8.04. The van der Waals surface area contributed by atoms with Crippen molar-refractivity contribution in [3.63, 3.8) is 0 Å². The minimum Gasteiger partial charge on any atom is -0.317 e. The second-order valence-corrected chi connectivity index (χ2v) is 8.47. The number of benzene rings is 2. The van der Waals surface area contributed by atoms with Crippen molar-refractivity contribution in [1.29, 1.82) is 0 Å². The van der Waals surface area contributed by atoms with E-state index >= 15 is 0 Å². The number of nitrogens with zero attached hydrogens (tertiary/aromatic N) is 2. The number of hydrogen-bond acceptors (Lipinski definition) is 3. The minimum absolute atomic E-state index is 0. The van der Waals surface area contributed by atoms with Crippen LogP contribution in [-0.2, 0) is 10.2 Å². The monoisotopic (exact) mass is 411 g/mol. The molecule has 0 saturated carbocycles. The van der Waals surface area contributed by atoms with Crippen LogP contribution in [0.1, 0.15) is 19.3 Å². The van der Waals surface area contributed by atoms with Crippen LogP contribution in [0.4, 0.5) is 21.5 Å². The normalized spacial score (nSPS) is 18.9. The largest absolute Gasteiger partial charge is 0.331 e. The highest BCUT2D eigenvalue weighted by molar-refractivity contribution is 7.95. The van der Waals surface area contributed by atoms with Crippen molar-refractivity contribution in [3.8, 4) is 0 Å². The lowest BCUT2D eigenvalue weighted by atomic mass is 9.95. The van der Waals surface area contributed by atoms with Gasteiger partial charge in [0.1, 0.15) is 11.5 Å². The van der Waals surface area contributed by atoms with Crippen molar-refractivity contribution >= 4 is 39.7 Å². The maximum absolute atomic E-state index is 14.6. The molecule has 1 saturated heterocycles.